The molecule has 0 saturated carbocycles. The number of aryl methyl sites for hydroxylation is 1. The molecule has 0 amide bonds. The van der Waals surface area contributed by atoms with Gasteiger partial charge in [-0.1, -0.05) is 29.8 Å². The Balaban J connectivity index is 1.37. The Hall–Kier alpha value is -3.56. The number of tetrazole rings is 1. The Bertz CT molecular complexity index is 1390. The van der Waals surface area contributed by atoms with Crippen LogP contribution >= 0.6 is 0 Å². The van der Waals surface area contributed by atoms with Crippen molar-refractivity contribution in [2.24, 2.45) is 0 Å². The van der Waals surface area contributed by atoms with Crippen molar-refractivity contribution in [3.63, 3.8) is 0 Å². The van der Waals surface area contributed by atoms with Crippen molar-refractivity contribution in [1.29, 1.82) is 0 Å². The molecule has 2 aliphatic heterocycles. The lowest BCUT2D eigenvalue weighted by molar-refractivity contribution is 0.0906. The predicted molar refractivity (Wildman–Crippen MR) is 138 cm³/mol. The van der Waals surface area contributed by atoms with Crippen molar-refractivity contribution in [2.45, 2.75) is 38.5 Å². The van der Waals surface area contributed by atoms with Crippen molar-refractivity contribution in [1.82, 2.24) is 30.1 Å². The highest BCUT2D eigenvalue weighted by atomic mass is 16.5. The number of hydrogen-bond donors (Lipinski definition) is 1. The maximum atomic E-state index is 13.4. The van der Waals surface area contributed by atoms with Crippen molar-refractivity contribution in [3.05, 3.63) is 81.9 Å². The number of H-pyrrole nitrogens is 1. The van der Waals surface area contributed by atoms with Gasteiger partial charge in [-0.15, -0.1) is 5.10 Å². The molecule has 9 nitrogen and oxygen atoms in total. The summed E-state index contributed by atoms with van der Waals surface area (Å²) >= 11 is 0. The standard InChI is InChI=1S/C27H31N7O2/c1-19-9-10-24-20(16-19)17-23(27(35)28-24)25(26-29-30-31-34(26)18-22-8-5-15-36-22)33-13-11-32(12-14-33)21-6-3-2-4-7-21/h2-4,6-7,9-10,16-17,22,25H,5,8,11-15,18H2,1H3,(H,28,35)/t22-,25+/m0/s1. The summed E-state index contributed by atoms with van der Waals surface area (Å²) in [7, 11) is 0. The lowest BCUT2D eigenvalue weighted by atomic mass is 10.0. The summed E-state index contributed by atoms with van der Waals surface area (Å²) < 4.78 is 7.70. The van der Waals surface area contributed by atoms with Gasteiger partial charge in [0.1, 0.15) is 6.04 Å². The number of para-hydroxylation sites is 1. The van der Waals surface area contributed by atoms with Crippen molar-refractivity contribution >= 4 is 16.6 Å². The van der Waals surface area contributed by atoms with E-state index in [9.17, 15) is 4.79 Å². The fourth-order valence-corrected chi connectivity index (χ4v) is 5.44. The topological polar surface area (TPSA) is 92.2 Å². The fourth-order valence-electron chi connectivity index (χ4n) is 5.44. The molecule has 4 heterocycles. The highest BCUT2D eigenvalue weighted by Gasteiger charge is 2.33. The monoisotopic (exact) mass is 485 g/mol. The van der Waals surface area contributed by atoms with Crippen LogP contribution in [0.5, 0.6) is 0 Å². The lowest BCUT2D eigenvalue weighted by Gasteiger charge is -2.39. The number of nitrogens with zero attached hydrogens (tertiary/aromatic N) is 6. The van der Waals surface area contributed by atoms with E-state index in [1.807, 2.05) is 28.9 Å². The van der Waals surface area contributed by atoms with Gasteiger partial charge in [-0.2, -0.15) is 0 Å². The highest BCUT2D eigenvalue weighted by Crippen LogP contribution is 2.29. The maximum absolute atomic E-state index is 13.4. The van der Waals surface area contributed by atoms with E-state index in [-0.39, 0.29) is 17.7 Å². The molecular weight excluding hydrogens is 454 g/mol. The first kappa shape index (κ1) is 22.9. The molecule has 0 unspecified atom stereocenters. The van der Waals surface area contributed by atoms with Crippen molar-refractivity contribution < 1.29 is 4.74 Å². The zero-order valence-corrected chi connectivity index (χ0v) is 20.5. The van der Waals surface area contributed by atoms with Crippen LogP contribution in [0.3, 0.4) is 0 Å². The average Bonchev–Trinajstić information content (AvgIpc) is 3.59. The van der Waals surface area contributed by atoms with Crippen molar-refractivity contribution in [2.75, 3.05) is 37.7 Å². The number of hydrogen-bond acceptors (Lipinski definition) is 7. The molecule has 2 atom stereocenters. The molecule has 2 aliphatic rings. The summed E-state index contributed by atoms with van der Waals surface area (Å²) in [5.41, 5.74) is 3.77. The van der Waals surface area contributed by atoms with Crippen LogP contribution in [0.1, 0.15) is 35.8 Å². The SMILES string of the molecule is Cc1ccc2[nH]c(=O)c([C@H](c3nnnn3C[C@@H]3CCCO3)N3CCN(c4ccccc4)CC3)cc2c1. The Morgan fingerprint density at radius 1 is 1.08 bits per heavy atom. The molecule has 36 heavy (non-hydrogen) atoms. The first-order valence-electron chi connectivity index (χ1n) is 12.7. The smallest absolute Gasteiger partial charge is 0.253 e. The molecule has 6 rings (SSSR count). The molecule has 4 aromatic rings. The van der Waals surface area contributed by atoms with Crippen LogP contribution in [0.2, 0.25) is 0 Å². The molecule has 0 radical (unpaired) electrons. The van der Waals surface area contributed by atoms with Crippen LogP contribution < -0.4 is 10.5 Å². The summed E-state index contributed by atoms with van der Waals surface area (Å²) in [5.74, 6) is 0.691. The van der Waals surface area contributed by atoms with Gasteiger partial charge in [-0.3, -0.25) is 9.69 Å². The van der Waals surface area contributed by atoms with Crippen LogP contribution in [0.25, 0.3) is 10.9 Å². The first-order valence-corrected chi connectivity index (χ1v) is 12.7. The van der Waals surface area contributed by atoms with Crippen LogP contribution in [0, 0.1) is 6.92 Å². The Labute approximate surface area is 209 Å². The summed E-state index contributed by atoms with van der Waals surface area (Å²) in [6.45, 7) is 6.73. The van der Waals surface area contributed by atoms with E-state index < -0.39 is 0 Å². The quantitative estimate of drug-likeness (QED) is 0.449. The van der Waals surface area contributed by atoms with E-state index in [4.69, 9.17) is 4.74 Å². The third-order valence-electron chi connectivity index (χ3n) is 7.33. The minimum atomic E-state index is -0.354. The van der Waals surface area contributed by atoms with E-state index in [1.165, 1.54) is 5.69 Å². The second-order valence-electron chi connectivity index (χ2n) is 9.76. The molecule has 186 valence electrons. The minimum absolute atomic E-state index is 0.0976. The largest absolute Gasteiger partial charge is 0.376 e. The lowest BCUT2D eigenvalue weighted by Crippen LogP contribution is -2.49. The number of benzene rings is 2. The van der Waals surface area contributed by atoms with Gasteiger partial charge in [0.15, 0.2) is 5.82 Å². The number of ether oxygens (including phenoxy) is 1. The van der Waals surface area contributed by atoms with E-state index >= 15 is 0 Å². The molecule has 2 aromatic carbocycles. The number of fused-ring (bicyclic) bond motifs is 1. The van der Waals surface area contributed by atoms with Gasteiger partial charge in [-0.05, 0) is 65.9 Å². The second-order valence-corrected chi connectivity index (χ2v) is 9.76. The number of pyridine rings is 1. The van der Waals surface area contributed by atoms with Gasteiger partial charge in [0.05, 0.1) is 12.6 Å². The Kier molecular flexibility index (Phi) is 6.25. The first-order chi connectivity index (χ1) is 17.7. The Morgan fingerprint density at radius 3 is 2.69 bits per heavy atom. The summed E-state index contributed by atoms with van der Waals surface area (Å²) in [6.07, 6.45) is 2.15. The molecule has 0 aliphatic carbocycles. The minimum Gasteiger partial charge on any atom is -0.376 e. The number of aromatic amines is 1. The van der Waals surface area contributed by atoms with Crippen LogP contribution in [0.4, 0.5) is 5.69 Å². The summed E-state index contributed by atoms with van der Waals surface area (Å²) in [5, 5.41) is 13.8. The fraction of sp³-hybridized carbons (Fsp3) is 0.407. The van der Waals surface area contributed by atoms with E-state index in [0.717, 1.165) is 62.1 Å². The van der Waals surface area contributed by atoms with Crippen LogP contribution in [0.15, 0.2) is 59.4 Å². The Morgan fingerprint density at radius 2 is 1.92 bits per heavy atom. The zero-order valence-electron chi connectivity index (χ0n) is 20.5. The molecule has 2 fully saturated rings. The number of nitrogens with one attached hydrogen (secondary N) is 1. The van der Waals surface area contributed by atoms with Gasteiger partial charge < -0.3 is 14.6 Å². The average molecular weight is 486 g/mol. The molecule has 0 bridgehead atoms. The number of aromatic nitrogens is 5. The van der Waals surface area contributed by atoms with E-state index in [2.05, 4.69) is 67.6 Å². The number of anilines is 1. The highest BCUT2D eigenvalue weighted by molar-refractivity contribution is 5.79. The van der Waals surface area contributed by atoms with Crippen LogP contribution in [-0.2, 0) is 11.3 Å². The normalized spacial score (nSPS) is 19.7. The van der Waals surface area contributed by atoms with Gasteiger partial charge in [0.25, 0.3) is 5.56 Å². The van der Waals surface area contributed by atoms with E-state index in [1.54, 1.807) is 0 Å². The third-order valence-corrected chi connectivity index (χ3v) is 7.33. The van der Waals surface area contributed by atoms with Gasteiger partial charge in [-0.25, -0.2) is 4.68 Å². The molecule has 1 N–H and O–H groups in total. The van der Waals surface area contributed by atoms with E-state index in [0.29, 0.717) is 17.9 Å². The van der Waals surface area contributed by atoms with Crippen molar-refractivity contribution in [3.8, 4) is 0 Å². The molecular formula is C27H31N7O2. The molecule has 0 spiro atoms. The van der Waals surface area contributed by atoms with Gasteiger partial charge in [0, 0.05) is 49.6 Å². The maximum Gasteiger partial charge on any atom is 0.253 e. The van der Waals surface area contributed by atoms with Crippen LogP contribution in [-0.4, -0.2) is 69.0 Å². The number of piperazine rings is 1. The third kappa shape index (κ3) is 4.52. The molecule has 9 heteroatoms. The predicted octanol–water partition coefficient (Wildman–Crippen LogP) is 2.91. The summed E-state index contributed by atoms with van der Waals surface area (Å²) in [4.78, 5) is 21.3. The zero-order chi connectivity index (χ0) is 24.5. The molecule has 2 saturated heterocycles. The molecule has 2 aromatic heterocycles. The second kappa shape index (κ2) is 9.83. The number of rotatable bonds is 6. The summed E-state index contributed by atoms with van der Waals surface area (Å²) in [6, 6.07) is 18.2. The van der Waals surface area contributed by atoms with Gasteiger partial charge in [0.2, 0.25) is 0 Å². The van der Waals surface area contributed by atoms with Gasteiger partial charge >= 0.3 is 0 Å².